The van der Waals surface area contributed by atoms with Crippen molar-refractivity contribution >= 4 is 0 Å². The van der Waals surface area contributed by atoms with Crippen LogP contribution in [0.3, 0.4) is 0 Å². The third-order valence-corrected chi connectivity index (χ3v) is 6.49. The third-order valence-electron chi connectivity index (χ3n) is 6.49. The predicted octanol–water partition coefficient (Wildman–Crippen LogP) is 6.70. The van der Waals surface area contributed by atoms with E-state index in [1.165, 1.54) is 27.8 Å². The normalized spacial score (nSPS) is 13.1. The Morgan fingerprint density at radius 1 is 0.800 bits per heavy atom. The maximum Gasteiger partial charge on any atom is 0.122 e. The molecule has 3 nitrogen and oxygen atoms in total. The molecule has 1 N–H and O–H groups in total. The van der Waals surface area contributed by atoms with Crippen LogP contribution in [0.25, 0.3) is 0 Å². The molecule has 182 valence electrons. The van der Waals surface area contributed by atoms with Crippen molar-refractivity contribution in [1.29, 1.82) is 0 Å². The standard InChI is InChI=1S/C32H38N2O/c1-2-34-23-9-13-29(25-34)21-22-33-24-28-19-17-27(18-20-28)12-8-15-31-14-6-7-16-32(31)35-26-30-10-4-3-5-11-30/h3-7,9-11,13-14,16-20,25,33H,2,8,12,15,21-24,26H2,1H3. The lowest BCUT2D eigenvalue weighted by Gasteiger charge is -2.21. The first kappa shape index (κ1) is 24.8. The Bertz CT molecular complexity index is 1090. The number of hydrogen-bond acceptors (Lipinski definition) is 3. The number of nitrogens with zero attached hydrogens (tertiary/aromatic N) is 1. The van der Waals surface area contributed by atoms with Crippen molar-refractivity contribution in [1.82, 2.24) is 10.2 Å². The van der Waals surface area contributed by atoms with E-state index in [1.807, 2.05) is 6.07 Å². The number of hydrogen-bond donors (Lipinski definition) is 1. The van der Waals surface area contributed by atoms with Gasteiger partial charge in [0.1, 0.15) is 12.4 Å². The van der Waals surface area contributed by atoms with Crippen molar-refractivity contribution in [3.05, 3.63) is 125 Å². The minimum Gasteiger partial charge on any atom is -0.489 e. The van der Waals surface area contributed by atoms with Crippen molar-refractivity contribution in [2.24, 2.45) is 0 Å². The summed E-state index contributed by atoms with van der Waals surface area (Å²) < 4.78 is 6.12. The van der Waals surface area contributed by atoms with E-state index >= 15 is 0 Å². The summed E-state index contributed by atoms with van der Waals surface area (Å²) in [5.41, 5.74) is 6.63. The molecule has 0 radical (unpaired) electrons. The summed E-state index contributed by atoms with van der Waals surface area (Å²) in [6, 6.07) is 27.9. The van der Waals surface area contributed by atoms with Crippen LogP contribution >= 0.6 is 0 Å². The first-order valence-corrected chi connectivity index (χ1v) is 12.9. The van der Waals surface area contributed by atoms with E-state index in [0.717, 1.165) is 57.6 Å². The van der Waals surface area contributed by atoms with Crippen molar-refractivity contribution in [2.45, 2.75) is 45.8 Å². The number of nitrogens with one attached hydrogen (secondary N) is 1. The molecule has 4 rings (SSSR count). The van der Waals surface area contributed by atoms with Gasteiger partial charge in [0.25, 0.3) is 0 Å². The van der Waals surface area contributed by atoms with Gasteiger partial charge >= 0.3 is 0 Å². The van der Waals surface area contributed by atoms with Crippen LogP contribution in [-0.4, -0.2) is 24.5 Å². The molecule has 3 heteroatoms. The zero-order valence-electron chi connectivity index (χ0n) is 21.0. The lowest BCUT2D eigenvalue weighted by molar-refractivity contribution is 0.302. The second-order valence-electron chi connectivity index (χ2n) is 9.17. The Morgan fingerprint density at radius 3 is 2.40 bits per heavy atom. The van der Waals surface area contributed by atoms with Gasteiger partial charge in [-0.3, -0.25) is 0 Å². The van der Waals surface area contributed by atoms with Crippen LogP contribution in [0.2, 0.25) is 0 Å². The number of benzene rings is 3. The molecule has 3 aromatic carbocycles. The predicted molar refractivity (Wildman–Crippen MR) is 146 cm³/mol. The number of likely N-dealkylation sites (N-methyl/N-ethyl adjacent to an activating group) is 1. The third kappa shape index (κ3) is 8.15. The van der Waals surface area contributed by atoms with Gasteiger partial charge in [0, 0.05) is 25.8 Å². The van der Waals surface area contributed by atoms with Crippen LogP contribution in [-0.2, 0) is 26.0 Å². The van der Waals surface area contributed by atoms with Crippen LogP contribution in [0.5, 0.6) is 5.75 Å². The molecule has 0 aliphatic carbocycles. The van der Waals surface area contributed by atoms with Crippen molar-refractivity contribution in [2.75, 3.05) is 19.6 Å². The van der Waals surface area contributed by atoms with Gasteiger partial charge in [-0.05, 0) is 73.0 Å². The van der Waals surface area contributed by atoms with E-state index in [9.17, 15) is 0 Å². The second kappa shape index (κ2) is 13.6. The van der Waals surface area contributed by atoms with E-state index in [0.29, 0.717) is 6.61 Å². The van der Waals surface area contributed by atoms with E-state index in [1.54, 1.807) is 0 Å². The van der Waals surface area contributed by atoms with Crippen LogP contribution in [0.1, 0.15) is 42.0 Å². The zero-order valence-corrected chi connectivity index (χ0v) is 21.0. The zero-order chi connectivity index (χ0) is 24.1. The number of para-hydroxylation sites is 1. The largest absolute Gasteiger partial charge is 0.489 e. The van der Waals surface area contributed by atoms with Gasteiger partial charge in [-0.15, -0.1) is 0 Å². The molecule has 0 amide bonds. The highest BCUT2D eigenvalue weighted by atomic mass is 16.5. The molecule has 1 aliphatic heterocycles. The summed E-state index contributed by atoms with van der Waals surface area (Å²) in [5.74, 6) is 1.000. The maximum absolute atomic E-state index is 6.12. The average Bonchev–Trinajstić information content (AvgIpc) is 2.92. The number of allylic oxidation sites excluding steroid dienone is 1. The Hall–Kier alpha value is -3.30. The number of aryl methyl sites for hydroxylation is 2. The van der Waals surface area contributed by atoms with E-state index < -0.39 is 0 Å². The molecule has 0 bridgehead atoms. The minimum absolute atomic E-state index is 0.610. The van der Waals surface area contributed by atoms with Gasteiger partial charge in [-0.2, -0.15) is 0 Å². The average molecular weight is 467 g/mol. The van der Waals surface area contributed by atoms with Gasteiger partial charge in [0.05, 0.1) is 0 Å². The lowest BCUT2D eigenvalue weighted by Crippen LogP contribution is -2.21. The fraction of sp³-hybridized carbons (Fsp3) is 0.312. The molecular formula is C32H38N2O. The van der Waals surface area contributed by atoms with E-state index in [4.69, 9.17) is 4.74 Å². The summed E-state index contributed by atoms with van der Waals surface area (Å²) in [6.45, 7) is 6.84. The highest BCUT2D eigenvalue weighted by Gasteiger charge is 2.05. The van der Waals surface area contributed by atoms with Crippen molar-refractivity contribution in [3.63, 3.8) is 0 Å². The highest BCUT2D eigenvalue weighted by Crippen LogP contribution is 2.22. The molecule has 1 aliphatic rings. The molecule has 0 atom stereocenters. The molecule has 0 saturated carbocycles. The maximum atomic E-state index is 6.12. The number of ether oxygens (including phenoxy) is 1. The van der Waals surface area contributed by atoms with Crippen LogP contribution in [0.4, 0.5) is 0 Å². The monoisotopic (exact) mass is 466 g/mol. The smallest absolute Gasteiger partial charge is 0.122 e. The van der Waals surface area contributed by atoms with Gasteiger partial charge in [0.2, 0.25) is 0 Å². The van der Waals surface area contributed by atoms with E-state index in [-0.39, 0.29) is 0 Å². The summed E-state index contributed by atoms with van der Waals surface area (Å²) in [7, 11) is 0. The molecule has 0 unspecified atom stereocenters. The molecule has 1 heterocycles. The Labute approximate surface area is 211 Å². The topological polar surface area (TPSA) is 24.5 Å². The van der Waals surface area contributed by atoms with Gasteiger partial charge in [-0.25, -0.2) is 0 Å². The Balaban J connectivity index is 1.17. The summed E-state index contributed by atoms with van der Waals surface area (Å²) in [4.78, 5) is 2.35. The Morgan fingerprint density at radius 2 is 1.57 bits per heavy atom. The highest BCUT2D eigenvalue weighted by molar-refractivity contribution is 5.34. The van der Waals surface area contributed by atoms with Crippen LogP contribution < -0.4 is 10.1 Å². The first-order valence-electron chi connectivity index (χ1n) is 12.9. The van der Waals surface area contributed by atoms with Gasteiger partial charge in [0.15, 0.2) is 0 Å². The summed E-state index contributed by atoms with van der Waals surface area (Å²) in [6.07, 6.45) is 11.1. The van der Waals surface area contributed by atoms with Crippen molar-refractivity contribution in [3.8, 4) is 5.75 Å². The van der Waals surface area contributed by atoms with Crippen LogP contribution in [0.15, 0.2) is 103 Å². The molecule has 0 saturated heterocycles. The first-order chi connectivity index (χ1) is 17.3. The SMILES string of the molecule is CCN1C=C(CCNCc2ccc(CCCc3ccccc3OCc3ccccc3)cc2)C=CC1. The second-order valence-corrected chi connectivity index (χ2v) is 9.17. The molecule has 35 heavy (non-hydrogen) atoms. The van der Waals surface area contributed by atoms with Gasteiger partial charge in [-0.1, -0.05) is 84.9 Å². The van der Waals surface area contributed by atoms with E-state index in [2.05, 4.69) is 108 Å². The number of rotatable bonds is 13. The molecular weight excluding hydrogens is 428 g/mol. The molecule has 0 aromatic heterocycles. The quantitative estimate of drug-likeness (QED) is 0.284. The summed E-state index contributed by atoms with van der Waals surface area (Å²) in [5, 5.41) is 3.59. The fourth-order valence-electron chi connectivity index (χ4n) is 4.40. The molecule has 0 fully saturated rings. The van der Waals surface area contributed by atoms with Gasteiger partial charge < -0.3 is 15.0 Å². The van der Waals surface area contributed by atoms with Crippen molar-refractivity contribution < 1.29 is 4.74 Å². The summed E-state index contributed by atoms with van der Waals surface area (Å²) >= 11 is 0. The molecule has 3 aromatic rings. The minimum atomic E-state index is 0.610. The lowest BCUT2D eigenvalue weighted by atomic mass is 10.0. The van der Waals surface area contributed by atoms with Crippen LogP contribution in [0, 0.1) is 0 Å². The fourth-order valence-corrected chi connectivity index (χ4v) is 4.40. The molecule has 0 spiro atoms. The Kier molecular flexibility index (Phi) is 9.61.